The minimum absolute atomic E-state index is 0.125. The van der Waals surface area contributed by atoms with Gasteiger partial charge < -0.3 is 0 Å². The van der Waals surface area contributed by atoms with Crippen LogP contribution >= 0.6 is 0 Å². The molecule has 0 N–H and O–H groups in total. The van der Waals surface area contributed by atoms with Crippen molar-refractivity contribution in [3.8, 4) is 89.7 Å². The fourth-order valence-corrected chi connectivity index (χ4v) is 11.3. The van der Waals surface area contributed by atoms with Crippen LogP contribution in [0.1, 0.15) is 49.9 Å². The molecule has 0 amide bonds. The molecule has 9 aromatic carbocycles. The van der Waals surface area contributed by atoms with Crippen LogP contribution in [0.2, 0.25) is 0 Å². The van der Waals surface area contributed by atoms with Gasteiger partial charge in [0.25, 0.3) is 0 Å². The molecular formula is C65H47N3. The Morgan fingerprint density at radius 1 is 0.265 bits per heavy atom. The summed E-state index contributed by atoms with van der Waals surface area (Å²) in [5.74, 6) is 0.694. The number of benzene rings is 9. The molecule has 0 saturated carbocycles. The molecule has 3 heteroatoms. The van der Waals surface area contributed by atoms with Gasteiger partial charge in [0.2, 0.25) is 0 Å². The molecule has 3 nitrogen and oxygen atoms in total. The van der Waals surface area contributed by atoms with Gasteiger partial charge in [-0.25, -0.2) is 15.0 Å². The molecule has 11 aromatic rings. The van der Waals surface area contributed by atoms with Gasteiger partial charge in [-0.05, 0) is 102 Å². The van der Waals surface area contributed by atoms with Crippen molar-refractivity contribution in [3.05, 3.63) is 235 Å². The average Bonchev–Trinajstić information content (AvgIpc) is 3.77. The number of fused-ring (bicyclic) bond motifs is 9. The summed E-state index contributed by atoms with van der Waals surface area (Å²) in [6, 6.07) is 77.0. The number of hydrogen-bond acceptors (Lipinski definition) is 3. The van der Waals surface area contributed by atoms with E-state index in [1.807, 2.05) is 12.1 Å². The first-order valence-corrected chi connectivity index (χ1v) is 23.7. The third-order valence-corrected chi connectivity index (χ3v) is 14.9. The highest BCUT2D eigenvalue weighted by Gasteiger charge is 2.37. The Hall–Kier alpha value is -8.27. The second-order valence-electron chi connectivity index (χ2n) is 19.6. The summed E-state index contributed by atoms with van der Waals surface area (Å²) in [5.41, 5.74) is 23.0. The van der Waals surface area contributed by atoms with Crippen LogP contribution in [0, 0.1) is 0 Å². The Labute approximate surface area is 397 Å². The van der Waals surface area contributed by atoms with Crippen LogP contribution in [0.3, 0.4) is 0 Å². The van der Waals surface area contributed by atoms with Gasteiger partial charge in [-0.3, -0.25) is 0 Å². The molecule has 322 valence electrons. The molecule has 0 unspecified atom stereocenters. The van der Waals surface area contributed by atoms with Gasteiger partial charge in [-0.15, -0.1) is 0 Å². The SMILES string of the molecule is CC1(C)c2ccccc2-c2ccc(-c3cc(-c4ccc5c(c4)C(C)(C)c4ccccc4-5)c4cc(-c5ccc(-c6nc(-c7ccccc7)cc(-c7ccccc7)n6)cc5)c5ccccc5c4n3)cc21. The first-order chi connectivity index (χ1) is 33.2. The number of nitrogens with zero attached hydrogens (tertiary/aromatic N) is 3. The van der Waals surface area contributed by atoms with E-state index >= 15 is 0 Å². The highest BCUT2D eigenvalue weighted by Crippen LogP contribution is 2.52. The maximum absolute atomic E-state index is 5.65. The van der Waals surface area contributed by atoms with E-state index in [0.717, 1.165) is 72.1 Å². The van der Waals surface area contributed by atoms with Crippen LogP contribution in [0.4, 0.5) is 0 Å². The Balaban J connectivity index is 0.995. The molecule has 2 aromatic heterocycles. The summed E-state index contributed by atoms with van der Waals surface area (Å²) in [6.07, 6.45) is 0. The van der Waals surface area contributed by atoms with E-state index in [9.17, 15) is 0 Å². The first kappa shape index (κ1) is 40.0. The van der Waals surface area contributed by atoms with Crippen molar-refractivity contribution in [2.75, 3.05) is 0 Å². The van der Waals surface area contributed by atoms with Crippen molar-refractivity contribution in [3.63, 3.8) is 0 Å². The van der Waals surface area contributed by atoms with Crippen LogP contribution in [0.15, 0.2) is 212 Å². The minimum atomic E-state index is -0.139. The maximum atomic E-state index is 5.65. The Kier molecular flexibility index (Phi) is 8.91. The number of rotatable bonds is 6. The van der Waals surface area contributed by atoms with Gasteiger partial charge in [-0.2, -0.15) is 0 Å². The second-order valence-corrected chi connectivity index (χ2v) is 19.6. The number of pyridine rings is 1. The summed E-state index contributed by atoms with van der Waals surface area (Å²) in [5, 5.41) is 3.41. The van der Waals surface area contributed by atoms with E-state index in [1.54, 1.807) is 0 Å². The summed E-state index contributed by atoms with van der Waals surface area (Å²) in [4.78, 5) is 15.9. The standard InChI is InChI=1S/C65H47N3/c1-64(2)55-25-15-13-22-47(55)49-33-31-44(35-57(49)64)53-38-59(45-32-34-50-48-23-14-16-26-56(48)65(3,4)58(50)36-45)66-62-51-24-12-11-21-46(51)52(37-54(53)62)40-27-29-43(30-28-40)63-67-60(41-17-7-5-8-18-41)39-61(68-63)42-19-9-6-10-20-42/h5-39H,1-4H3. The zero-order valence-corrected chi connectivity index (χ0v) is 38.5. The molecule has 13 rings (SSSR count). The lowest BCUT2D eigenvalue weighted by Crippen LogP contribution is -2.15. The molecular weight excluding hydrogens is 823 g/mol. The topological polar surface area (TPSA) is 38.7 Å². The summed E-state index contributed by atoms with van der Waals surface area (Å²) < 4.78 is 0. The fraction of sp³-hybridized carbons (Fsp3) is 0.0923. The molecule has 0 atom stereocenters. The predicted octanol–water partition coefficient (Wildman–Crippen LogP) is 16.8. The Bertz CT molecular complexity index is 3770. The summed E-state index contributed by atoms with van der Waals surface area (Å²) >= 11 is 0. The third kappa shape index (κ3) is 6.23. The van der Waals surface area contributed by atoms with E-state index in [0.29, 0.717) is 5.82 Å². The van der Waals surface area contributed by atoms with Crippen molar-refractivity contribution in [2.24, 2.45) is 0 Å². The van der Waals surface area contributed by atoms with Gasteiger partial charge in [0.05, 0.1) is 22.6 Å². The maximum Gasteiger partial charge on any atom is 0.160 e. The quantitative estimate of drug-likeness (QED) is 0.156. The largest absolute Gasteiger partial charge is 0.247 e. The zero-order valence-electron chi connectivity index (χ0n) is 38.5. The molecule has 2 aliphatic rings. The summed E-state index contributed by atoms with van der Waals surface area (Å²) in [7, 11) is 0. The van der Waals surface area contributed by atoms with E-state index in [-0.39, 0.29) is 10.8 Å². The molecule has 0 radical (unpaired) electrons. The van der Waals surface area contributed by atoms with E-state index in [1.165, 1.54) is 55.6 Å². The van der Waals surface area contributed by atoms with Gasteiger partial charge in [0, 0.05) is 43.9 Å². The smallest absolute Gasteiger partial charge is 0.160 e. The second kappa shape index (κ2) is 15.1. The van der Waals surface area contributed by atoms with Crippen LogP contribution < -0.4 is 0 Å². The van der Waals surface area contributed by atoms with Crippen LogP contribution in [0.5, 0.6) is 0 Å². The monoisotopic (exact) mass is 869 g/mol. The lowest BCUT2D eigenvalue weighted by Gasteiger charge is -2.23. The van der Waals surface area contributed by atoms with Crippen LogP contribution in [0.25, 0.3) is 111 Å². The molecule has 0 saturated heterocycles. The Morgan fingerprint density at radius 2 is 0.706 bits per heavy atom. The van der Waals surface area contributed by atoms with Gasteiger partial charge in [0.1, 0.15) is 0 Å². The molecule has 0 aliphatic heterocycles. The average molecular weight is 870 g/mol. The Morgan fingerprint density at radius 3 is 1.31 bits per heavy atom. The highest BCUT2D eigenvalue weighted by molar-refractivity contribution is 6.16. The summed E-state index contributed by atoms with van der Waals surface area (Å²) in [6.45, 7) is 9.43. The lowest BCUT2D eigenvalue weighted by molar-refractivity contribution is 0.660. The number of hydrogen-bond donors (Lipinski definition) is 0. The molecule has 2 heterocycles. The van der Waals surface area contributed by atoms with E-state index in [4.69, 9.17) is 15.0 Å². The van der Waals surface area contributed by atoms with Crippen LogP contribution in [-0.2, 0) is 10.8 Å². The van der Waals surface area contributed by atoms with Crippen molar-refractivity contribution in [1.82, 2.24) is 15.0 Å². The van der Waals surface area contributed by atoms with Crippen molar-refractivity contribution in [1.29, 1.82) is 0 Å². The fourth-order valence-electron chi connectivity index (χ4n) is 11.3. The third-order valence-electron chi connectivity index (χ3n) is 14.9. The molecule has 68 heavy (non-hydrogen) atoms. The molecule has 0 spiro atoms. The van der Waals surface area contributed by atoms with Gasteiger partial charge in [0.15, 0.2) is 5.82 Å². The molecule has 0 bridgehead atoms. The molecule has 2 aliphatic carbocycles. The van der Waals surface area contributed by atoms with Crippen molar-refractivity contribution < 1.29 is 0 Å². The van der Waals surface area contributed by atoms with Crippen molar-refractivity contribution >= 4 is 21.7 Å². The van der Waals surface area contributed by atoms with E-state index in [2.05, 4.69) is 228 Å². The minimum Gasteiger partial charge on any atom is -0.247 e. The normalized spacial score (nSPS) is 13.8. The van der Waals surface area contributed by atoms with Gasteiger partial charge in [-0.1, -0.05) is 210 Å². The first-order valence-electron chi connectivity index (χ1n) is 23.7. The van der Waals surface area contributed by atoms with E-state index < -0.39 is 0 Å². The predicted molar refractivity (Wildman–Crippen MR) is 283 cm³/mol. The zero-order chi connectivity index (χ0) is 45.7. The van der Waals surface area contributed by atoms with Gasteiger partial charge >= 0.3 is 0 Å². The number of aromatic nitrogens is 3. The van der Waals surface area contributed by atoms with Crippen LogP contribution in [-0.4, -0.2) is 15.0 Å². The highest BCUT2D eigenvalue weighted by atomic mass is 14.9. The molecule has 0 fully saturated rings. The van der Waals surface area contributed by atoms with Crippen molar-refractivity contribution in [2.45, 2.75) is 38.5 Å². The lowest BCUT2D eigenvalue weighted by atomic mass is 9.81.